The Hall–Kier alpha value is -1.02. The molecule has 0 aromatic heterocycles. The van der Waals surface area contributed by atoms with E-state index in [4.69, 9.17) is 24.1 Å². The molecule has 0 amide bonds. The lowest BCUT2D eigenvalue weighted by atomic mass is 10.1. The molecule has 0 aliphatic heterocycles. The van der Waals surface area contributed by atoms with Gasteiger partial charge in [0.1, 0.15) is 6.10 Å². The first kappa shape index (κ1) is 19.0. The zero-order valence-electron chi connectivity index (χ0n) is 13.0. The van der Waals surface area contributed by atoms with Crippen LogP contribution in [0.4, 0.5) is 0 Å². The number of rotatable bonds is 13. The molecule has 2 N–H and O–H groups in total. The Bertz CT molecular complexity index is 359. The minimum absolute atomic E-state index is 0.0111. The Balaban J connectivity index is 2.30. The highest BCUT2D eigenvalue weighted by Gasteiger charge is 2.21. The fourth-order valence-electron chi connectivity index (χ4n) is 1.86. The van der Waals surface area contributed by atoms with Crippen LogP contribution in [-0.2, 0) is 18.9 Å². The Morgan fingerprint density at radius 2 is 1.55 bits per heavy atom. The van der Waals surface area contributed by atoms with Gasteiger partial charge in [-0.25, -0.2) is 0 Å². The standard InChI is InChI=1S/C16H26O6/c1-2-21-16(18)15(14-6-4-3-5-7-14)22-13-12-20-11-10-19-9-8-17/h3-7,15-18H,2,8-13H2,1H3. The molecular weight excluding hydrogens is 288 g/mol. The highest BCUT2D eigenvalue weighted by Crippen LogP contribution is 2.22. The van der Waals surface area contributed by atoms with Crippen LogP contribution >= 0.6 is 0 Å². The lowest BCUT2D eigenvalue weighted by Gasteiger charge is -2.23. The molecule has 0 saturated carbocycles. The van der Waals surface area contributed by atoms with Crippen molar-refractivity contribution < 1.29 is 29.2 Å². The van der Waals surface area contributed by atoms with Crippen molar-refractivity contribution in [2.24, 2.45) is 0 Å². The molecule has 2 atom stereocenters. The van der Waals surface area contributed by atoms with Crippen molar-refractivity contribution in [3.63, 3.8) is 0 Å². The molecule has 0 aliphatic rings. The van der Waals surface area contributed by atoms with Gasteiger partial charge in [0, 0.05) is 6.61 Å². The van der Waals surface area contributed by atoms with Crippen LogP contribution in [0.3, 0.4) is 0 Å². The Kier molecular flexibility index (Phi) is 10.8. The number of benzene rings is 1. The van der Waals surface area contributed by atoms with Crippen LogP contribution in [0.15, 0.2) is 30.3 Å². The molecule has 0 radical (unpaired) electrons. The van der Waals surface area contributed by atoms with E-state index >= 15 is 0 Å². The van der Waals surface area contributed by atoms with Crippen LogP contribution in [0.1, 0.15) is 18.6 Å². The van der Waals surface area contributed by atoms with E-state index in [1.54, 1.807) is 0 Å². The normalized spacial score (nSPS) is 14.0. The van der Waals surface area contributed by atoms with Gasteiger partial charge in [-0.3, -0.25) is 0 Å². The second kappa shape index (κ2) is 12.5. The first-order valence-electron chi connectivity index (χ1n) is 7.52. The zero-order valence-corrected chi connectivity index (χ0v) is 13.0. The molecule has 0 heterocycles. The van der Waals surface area contributed by atoms with E-state index in [9.17, 15) is 5.11 Å². The summed E-state index contributed by atoms with van der Waals surface area (Å²) in [4.78, 5) is 0. The quantitative estimate of drug-likeness (QED) is 0.420. The smallest absolute Gasteiger partial charge is 0.185 e. The van der Waals surface area contributed by atoms with Crippen molar-refractivity contribution in [2.75, 3.05) is 46.2 Å². The molecule has 6 nitrogen and oxygen atoms in total. The molecule has 0 bridgehead atoms. The second-order valence-corrected chi connectivity index (χ2v) is 4.50. The average Bonchev–Trinajstić information content (AvgIpc) is 2.54. The minimum Gasteiger partial charge on any atom is -0.394 e. The average molecular weight is 314 g/mol. The third-order valence-corrected chi connectivity index (χ3v) is 2.86. The molecule has 0 fully saturated rings. The monoisotopic (exact) mass is 314 g/mol. The van der Waals surface area contributed by atoms with Gasteiger partial charge >= 0.3 is 0 Å². The van der Waals surface area contributed by atoms with Crippen molar-refractivity contribution in [2.45, 2.75) is 19.3 Å². The van der Waals surface area contributed by atoms with E-state index < -0.39 is 12.4 Å². The lowest BCUT2D eigenvalue weighted by Crippen LogP contribution is -2.25. The van der Waals surface area contributed by atoms with Gasteiger partial charge in [0.05, 0.1) is 39.6 Å². The van der Waals surface area contributed by atoms with E-state index in [1.165, 1.54) is 0 Å². The summed E-state index contributed by atoms with van der Waals surface area (Å²) in [5.41, 5.74) is 0.856. The summed E-state index contributed by atoms with van der Waals surface area (Å²) in [5.74, 6) is 0. The van der Waals surface area contributed by atoms with Crippen LogP contribution in [-0.4, -0.2) is 62.8 Å². The van der Waals surface area contributed by atoms with Crippen LogP contribution < -0.4 is 0 Å². The molecule has 126 valence electrons. The van der Waals surface area contributed by atoms with E-state index in [0.29, 0.717) is 39.6 Å². The van der Waals surface area contributed by atoms with Crippen molar-refractivity contribution in [1.82, 2.24) is 0 Å². The number of aliphatic hydroxyl groups excluding tert-OH is 2. The highest BCUT2D eigenvalue weighted by molar-refractivity contribution is 5.18. The maximum Gasteiger partial charge on any atom is 0.185 e. The van der Waals surface area contributed by atoms with Crippen LogP contribution in [0.2, 0.25) is 0 Å². The topological polar surface area (TPSA) is 77.4 Å². The maximum absolute atomic E-state index is 10.0. The van der Waals surface area contributed by atoms with Crippen LogP contribution in [0.5, 0.6) is 0 Å². The number of hydrogen-bond donors (Lipinski definition) is 2. The first-order chi connectivity index (χ1) is 10.8. The molecule has 6 heteroatoms. The highest BCUT2D eigenvalue weighted by atomic mass is 16.6. The summed E-state index contributed by atoms with van der Waals surface area (Å²) in [6.45, 7) is 4.16. The van der Waals surface area contributed by atoms with Gasteiger partial charge in [0.2, 0.25) is 0 Å². The number of aliphatic hydroxyl groups is 2. The molecule has 0 aliphatic carbocycles. The SMILES string of the molecule is CCOC(O)C(OCCOCCOCCO)c1ccccc1. The van der Waals surface area contributed by atoms with Crippen molar-refractivity contribution in [3.8, 4) is 0 Å². The Labute approximate surface area is 131 Å². The van der Waals surface area contributed by atoms with E-state index in [2.05, 4.69) is 0 Å². The Morgan fingerprint density at radius 1 is 0.909 bits per heavy atom. The fraction of sp³-hybridized carbons (Fsp3) is 0.625. The van der Waals surface area contributed by atoms with Gasteiger partial charge in [-0.2, -0.15) is 0 Å². The molecule has 0 spiro atoms. The molecular formula is C16H26O6. The number of ether oxygens (including phenoxy) is 4. The predicted octanol–water partition coefficient (Wildman–Crippen LogP) is 1.12. The third kappa shape index (κ3) is 7.84. The summed E-state index contributed by atoms with van der Waals surface area (Å²) >= 11 is 0. The minimum atomic E-state index is -1.01. The van der Waals surface area contributed by atoms with Gasteiger partial charge in [0.25, 0.3) is 0 Å². The molecule has 0 saturated heterocycles. The van der Waals surface area contributed by atoms with Gasteiger partial charge in [0.15, 0.2) is 6.29 Å². The second-order valence-electron chi connectivity index (χ2n) is 4.50. The molecule has 1 aromatic carbocycles. The van der Waals surface area contributed by atoms with Crippen LogP contribution in [0, 0.1) is 0 Å². The molecule has 1 aromatic rings. The van der Waals surface area contributed by atoms with Crippen molar-refractivity contribution >= 4 is 0 Å². The van der Waals surface area contributed by atoms with E-state index in [0.717, 1.165) is 5.56 Å². The van der Waals surface area contributed by atoms with Gasteiger partial charge in [-0.1, -0.05) is 30.3 Å². The largest absolute Gasteiger partial charge is 0.394 e. The summed E-state index contributed by atoms with van der Waals surface area (Å²) in [7, 11) is 0. The van der Waals surface area contributed by atoms with Crippen molar-refractivity contribution in [3.05, 3.63) is 35.9 Å². The first-order valence-corrected chi connectivity index (χ1v) is 7.52. The number of hydrogen-bond acceptors (Lipinski definition) is 6. The summed E-state index contributed by atoms with van der Waals surface area (Å²) in [6.07, 6.45) is -1.56. The summed E-state index contributed by atoms with van der Waals surface area (Å²) in [5, 5.41) is 18.6. The molecule has 1 rings (SSSR count). The van der Waals surface area contributed by atoms with Gasteiger partial charge in [-0.15, -0.1) is 0 Å². The van der Waals surface area contributed by atoms with E-state index in [-0.39, 0.29) is 6.61 Å². The summed E-state index contributed by atoms with van der Waals surface area (Å²) < 4.78 is 21.3. The predicted molar refractivity (Wildman–Crippen MR) is 81.5 cm³/mol. The molecule has 2 unspecified atom stereocenters. The third-order valence-electron chi connectivity index (χ3n) is 2.86. The fourth-order valence-corrected chi connectivity index (χ4v) is 1.86. The Morgan fingerprint density at radius 3 is 2.18 bits per heavy atom. The lowest BCUT2D eigenvalue weighted by molar-refractivity contribution is -0.182. The maximum atomic E-state index is 10.0. The summed E-state index contributed by atoms with van der Waals surface area (Å²) in [6, 6.07) is 9.45. The van der Waals surface area contributed by atoms with Gasteiger partial charge < -0.3 is 29.2 Å². The van der Waals surface area contributed by atoms with Crippen LogP contribution in [0.25, 0.3) is 0 Å². The van der Waals surface area contributed by atoms with Crippen molar-refractivity contribution in [1.29, 1.82) is 0 Å². The zero-order chi connectivity index (χ0) is 16.0. The molecule has 22 heavy (non-hydrogen) atoms. The van der Waals surface area contributed by atoms with E-state index in [1.807, 2.05) is 37.3 Å². The van der Waals surface area contributed by atoms with Gasteiger partial charge in [-0.05, 0) is 12.5 Å².